The molecule has 1 atom stereocenters. The quantitative estimate of drug-likeness (QED) is 0.842. The highest BCUT2D eigenvalue weighted by atomic mass is 16.5. The van der Waals surface area contributed by atoms with E-state index in [0.29, 0.717) is 5.92 Å². The van der Waals surface area contributed by atoms with E-state index in [4.69, 9.17) is 4.74 Å². The third kappa shape index (κ3) is 2.71. The number of hydrogen-bond acceptors (Lipinski definition) is 3. The number of fused-ring (bicyclic) bond motifs is 1. The van der Waals surface area contributed by atoms with Gasteiger partial charge in [-0.1, -0.05) is 0 Å². The summed E-state index contributed by atoms with van der Waals surface area (Å²) in [6.07, 6.45) is 9.36. The second-order valence-electron chi connectivity index (χ2n) is 5.70. The molecule has 108 valence electrons. The van der Waals surface area contributed by atoms with Crippen molar-refractivity contribution in [1.29, 1.82) is 0 Å². The summed E-state index contributed by atoms with van der Waals surface area (Å²) in [7, 11) is 1.89. The van der Waals surface area contributed by atoms with E-state index in [0.717, 1.165) is 56.8 Å². The zero-order valence-electron chi connectivity index (χ0n) is 11.9. The molecule has 0 aliphatic carbocycles. The van der Waals surface area contributed by atoms with Gasteiger partial charge in [-0.25, -0.2) is 4.98 Å². The van der Waals surface area contributed by atoms with E-state index in [9.17, 15) is 4.79 Å². The molecule has 0 saturated heterocycles. The molecule has 1 amide bonds. The Labute approximate surface area is 119 Å². The summed E-state index contributed by atoms with van der Waals surface area (Å²) in [5, 5.41) is 0. The molecule has 5 heteroatoms. The first-order chi connectivity index (χ1) is 9.74. The van der Waals surface area contributed by atoms with Crippen LogP contribution in [-0.2, 0) is 22.5 Å². The Morgan fingerprint density at radius 3 is 3.30 bits per heavy atom. The van der Waals surface area contributed by atoms with Crippen LogP contribution in [0, 0.1) is 5.92 Å². The van der Waals surface area contributed by atoms with Gasteiger partial charge in [0.05, 0.1) is 18.4 Å². The van der Waals surface area contributed by atoms with E-state index in [1.54, 1.807) is 6.26 Å². The Morgan fingerprint density at radius 2 is 2.50 bits per heavy atom. The van der Waals surface area contributed by atoms with E-state index in [-0.39, 0.29) is 5.91 Å². The van der Waals surface area contributed by atoms with Gasteiger partial charge in [-0.05, 0) is 25.2 Å². The summed E-state index contributed by atoms with van der Waals surface area (Å²) >= 11 is 0. The highest BCUT2D eigenvalue weighted by molar-refractivity contribution is 5.93. The fourth-order valence-electron chi connectivity index (χ4n) is 3.01. The lowest BCUT2D eigenvalue weighted by Crippen LogP contribution is -2.36. The molecule has 20 heavy (non-hydrogen) atoms. The molecule has 1 aromatic heterocycles. The second-order valence-corrected chi connectivity index (χ2v) is 5.70. The normalized spacial score (nSPS) is 21.6. The van der Waals surface area contributed by atoms with Crippen LogP contribution in [0.2, 0.25) is 0 Å². The van der Waals surface area contributed by atoms with Crippen LogP contribution < -0.4 is 0 Å². The van der Waals surface area contributed by atoms with Gasteiger partial charge in [-0.15, -0.1) is 0 Å². The summed E-state index contributed by atoms with van der Waals surface area (Å²) in [5.41, 5.74) is 0.802. The number of aryl methyl sites for hydroxylation is 1. The number of amides is 1. The maximum absolute atomic E-state index is 12.3. The fraction of sp³-hybridized carbons (Fsp3) is 0.600. The fourth-order valence-corrected chi connectivity index (χ4v) is 3.01. The number of hydrogen-bond donors (Lipinski definition) is 0. The minimum atomic E-state index is 0.110. The number of aromatic nitrogens is 2. The Balaban J connectivity index is 1.58. The van der Waals surface area contributed by atoms with Crippen LogP contribution in [0.5, 0.6) is 0 Å². The number of likely N-dealkylation sites (N-methyl/N-ethyl adjacent to an activating group) is 1. The molecule has 3 rings (SSSR count). The molecular formula is C15H21N3O2. The first-order valence-corrected chi connectivity index (χ1v) is 7.30. The maximum Gasteiger partial charge on any atom is 0.252 e. The number of ether oxygens (including phenoxy) is 1. The average Bonchev–Trinajstić information content (AvgIpc) is 2.95. The summed E-state index contributed by atoms with van der Waals surface area (Å²) in [6.45, 7) is 2.53. The van der Waals surface area contributed by atoms with E-state index < -0.39 is 0 Å². The summed E-state index contributed by atoms with van der Waals surface area (Å²) < 4.78 is 7.46. The predicted molar refractivity (Wildman–Crippen MR) is 74.9 cm³/mol. The molecule has 0 bridgehead atoms. The first kappa shape index (κ1) is 13.2. The Hall–Kier alpha value is -1.78. The number of carbonyl (C=O) groups excluding carboxylic acids is 1. The molecule has 5 nitrogen and oxygen atoms in total. The molecule has 0 saturated carbocycles. The van der Waals surface area contributed by atoms with Crippen LogP contribution >= 0.6 is 0 Å². The number of imidazole rings is 1. The van der Waals surface area contributed by atoms with E-state index in [2.05, 4.69) is 9.55 Å². The molecule has 0 radical (unpaired) electrons. The third-order valence-corrected chi connectivity index (χ3v) is 4.14. The van der Waals surface area contributed by atoms with Crippen LogP contribution in [0.15, 0.2) is 24.2 Å². The molecule has 1 aromatic rings. The smallest absolute Gasteiger partial charge is 0.252 e. The van der Waals surface area contributed by atoms with E-state index in [1.807, 2.05) is 24.3 Å². The van der Waals surface area contributed by atoms with Crippen molar-refractivity contribution in [2.24, 2.45) is 5.92 Å². The van der Waals surface area contributed by atoms with Crippen molar-refractivity contribution in [2.45, 2.75) is 32.2 Å². The van der Waals surface area contributed by atoms with Crippen molar-refractivity contribution in [2.75, 3.05) is 20.2 Å². The van der Waals surface area contributed by atoms with Crippen LogP contribution in [-0.4, -0.2) is 40.6 Å². The minimum Gasteiger partial charge on any atom is -0.501 e. The lowest BCUT2D eigenvalue weighted by molar-refractivity contribution is -0.127. The molecule has 2 aliphatic rings. The molecule has 0 spiro atoms. The summed E-state index contributed by atoms with van der Waals surface area (Å²) in [5.74, 6) is 1.75. The lowest BCUT2D eigenvalue weighted by Gasteiger charge is -2.28. The standard InChI is InChI=1S/C15H21N3O2/c1-17(15(19)13-3-2-8-20-11-13)10-12-4-6-18-7-5-16-14(18)9-12/h5,7,11-12H,2-4,6,8-10H2,1H3. The van der Waals surface area contributed by atoms with Crippen LogP contribution in [0.4, 0.5) is 0 Å². The zero-order chi connectivity index (χ0) is 13.9. The van der Waals surface area contributed by atoms with Crippen molar-refractivity contribution < 1.29 is 9.53 Å². The molecule has 0 fully saturated rings. The van der Waals surface area contributed by atoms with Gasteiger partial charge in [0.1, 0.15) is 5.82 Å². The van der Waals surface area contributed by atoms with Crippen molar-refractivity contribution in [3.8, 4) is 0 Å². The van der Waals surface area contributed by atoms with Crippen molar-refractivity contribution in [1.82, 2.24) is 14.5 Å². The monoisotopic (exact) mass is 275 g/mol. The van der Waals surface area contributed by atoms with Gasteiger partial charge < -0.3 is 14.2 Å². The topological polar surface area (TPSA) is 47.4 Å². The summed E-state index contributed by atoms with van der Waals surface area (Å²) in [4.78, 5) is 18.5. The van der Waals surface area contributed by atoms with Gasteiger partial charge in [-0.2, -0.15) is 0 Å². The minimum absolute atomic E-state index is 0.110. The van der Waals surface area contributed by atoms with Gasteiger partial charge in [0.15, 0.2) is 0 Å². The van der Waals surface area contributed by atoms with Crippen molar-refractivity contribution in [3.63, 3.8) is 0 Å². The highest BCUT2D eigenvalue weighted by Gasteiger charge is 2.24. The third-order valence-electron chi connectivity index (χ3n) is 4.14. The molecule has 2 aliphatic heterocycles. The average molecular weight is 275 g/mol. The van der Waals surface area contributed by atoms with E-state index in [1.165, 1.54) is 0 Å². The molecule has 0 N–H and O–H groups in total. The van der Waals surface area contributed by atoms with Crippen LogP contribution in [0.1, 0.15) is 25.1 Å². The Kier molecular flexibility index (Phi) is 3.76. The van der Waals surface area contributed by atoms with Crippen molar-refractivity contribution >= 4 is 5.91 Å². The number of carbonyl (C=O) groups is 1. The Morgan fingerprint density at radius 1 is 1.60 bits per heavy atom. The van der Waals surface area contributed by atoms with Gasteiger partial charge in [0, 0.05) is 39.0 Å². The van der Waals surface area contributed by atoms with Gasteiger partial charge in [0.2, 0.25) is 0 Å². The maximum atomic E-state index is 12.3. The van der Waals surface area contributed by atoms with Crippen LogP contribution in [0.3, 0.4) is 0 Å². The zero-order valence-corrected chi connectivity index (χ0v) is 11.9. The molecule has 1 unspecified atom stereocenters. The van der Waals surface area contributed by atoms with Gasteiger partial charge in [0.25, 0.3) is 5.91 Å². The van der Waals surface area contributed by atoms with Crippen molar-refractivity contribution in [3.05, 3.63) is 30.1 Å². The number of nitrogens with zero attached hydrogens (tertiary/aromatic N) is 3. The lowest BCUT2D eigenvalue weighted by atomic mass is 9.97. The SMILES string of the molecule is CN(CC1CCn2ccnc2C1)C(=O)C1=COCCC1. The van der Waals surface area contributed by atoms with E-state index >= 15 is 0 Å². The molecular weight excluding hydrogens is 254 g/mol. The Bertz CT molecular complexity index is 521. The van der Waals surface area contributed by atoms with Crippen LogP contribution in [0.25, 0.3) is 0 Å². The summed E-state index contributed by atoms with van der Waals surface area (Å²) in [6, 6.07) is 0. The molecule has 0 aromatic carbocycles. The highest BCUT2D eigenvalue weighted by Crippen LogP contribution is 2.21. The number of rotatable bonds is 3. The van der Waals surface area contributed by atoms with Gasteiger partial charge in [-0.3, -0.25) is 4.79 Å². The predicted octanol–water partition coefficient (Wildman–Crippen LogP) is 1.60. The first-order valence-electron chi connectivity index (χ1n) is 7.30. The largest absolute Gasteiger partial charge is 0.501 e. The molecule has 3 heterocycles. The van der Waals surface area contributed by atoms with Gasteiger partial charge >= 0.3 is 0 Å². The second kappa shape index (κ2) is 5.69.